The molecule has 1 N–H and O–H groups in total. The smallest absolute Gasteiger partial charge is 0.259 e. The fourth-order valence-corrected chi connectivity index (χ4v) is 5.70. The van der Waals surface area contributed by atoms with Gasteiger partial charge in [-0.1, -0.05) is 23.7 Å². The summed E-state index contributed by atoms with van der Waals surface area (Å²) >= 11 is 7.66. The Kier molecular flexibility index (Phi) is 6.68. The zero-order chi connectivity index (χ0) is 25.2. The van der Waals surface area contributed by atoms with Crippen molar-refractivity contribution in [3.8, 4) is 22.9 Å². The van der Waals surface area contributed by atoms with Crippen LogP contribution < -0.4 is 10.1 Å². The number of aromatic nitrogens is 3. The number of halogens is 1. The maximum atomic E-state index is 13.4. The molecule has 36 heavy (non-hydrogen) atoms. The predicted molar refractivity (Wildman–Crippen MR) is 140 cm³/mol. The molecule has 4 aromatic rings. The maximum absolute atomic E-state index is 13.4. The zero-order valence-electron chi connectivity index (χ0n) is 19.7. The normalized spacial score (nSPS) is 14.6. The molecule has 0 aliphatic heterocycles. The van der Waals surface area contributed by atoms with E-state index >= 15 is 0 Å². The van der Waals surface area contributed by atoms with Crippen LogP contribution >= 0.6 is 22.9 Å². The van der Waals surface area contributed by atoms with Gasteiger partial charge in [-0.25, -0.2) is 9.97 Å². The minimum Gasteiger partial charge on any atom is -0.494 e. The number of hydrogen-bond acceptors (Lipinski definition) is 7. The summed E-state index contributed by atoms with van der Waals surface area (Å²) in [6.07, 6.45) is 5.77. The number of aryl methyl sites for hydroxylation is 2. The quantitative estimate of drug-likeness (QED) is 0.329. The molecular formula is C27H22ClN5O2S. The largest absolute Gasteiger partial charge is 0.494 e. The van der Waals surface area contributed by atoms with E-state index in [9.17, 15) is 4.79 Å². The van der Waals surface area contributed by atoms with Crippen molar-refractivity contribution in [2.24, 2.45) is 0 Å². The molecule has 1 aromatic carbocycles. The highest BCUT2D eigenvalue weighted by molar-refractivity contribution is 7.15. The van der Waals surface area contributed by atoms with E-state index in [2.05, 4.69) is 21.4 Å². The molecule has 1 aliphatic carbocycles. The van der Waals surface area contributed by atoms with Crippen LogP contribution in [0, 0.1) is 18.3 Å². The Labute approximate surface area is 217 Å². The fourth-order valence-electron chi connectivity index (χ4n) is 4.46. The van der Waals surface area contributed by atoms with Crippen molar-refractivity contribution in [1.82, 2.24) is 15.0 Å². The van der Waals surface area contributed by atoms with Crippen LogP contribution in [0.1, 0.15) is 50.1 Å². The van der Waals surface area contributed by atoms with Crippen molar-refractivity contribution in [3.63, 3.8) is 0 Å². The summed E-state index contributed by atoms with van der Waals surface area (Å²) < 4.78 is 5.46. The van der Waals surface area contributed by atoms with E-state index in [1.165, 1.54) is 28.0 Å². The fraction of sp³-hybridized carbons (Fsp3) is 0.222. The van der Waals surface area contributed by atoms with E-state index < -0.39 is 0 Å². The molecule has 180 valence electrons. The van der Waals surface area contributed by atoms with E-state index in [1.807, 2.05) is 37.3 Å². The Morgan fingerprint density at radius 3 is 2.75 bits per heavy atom. The van der Waals surface area contributed by atoms with Gasteiger partial charge in [0.05, 0.1) is 36.2 Å². The van der Waals surface area contributed by atoms with Crippen LogP contribution in [0.3, 0.4) is 0 Å². The third kappa shape index (κ3) is 4.81. The number of fused-ring (bicyclic) bond motifs is 1. The van der Waals surface area contributed by atoms with Gasteiger partial charge in [-0.3, -0.25) is 15.1 Å². The lowest BCUT2D eigenvalue weighted by molar-refractivity contribution is 0.102. The average Bonchev–Trinajstić information content (AvgIpc) is 3.30. The molecule has 1 amide bonds. The first-order valence-corrected chi connectivity index (χ1v) is 12.6. The molecule has 1 atom stereocenters. The summed E-state index contributed by atoms with van der Waals surface area (Å²) in [4.78, 5) is 27.7. The van der Waals surface area contributed by atoms with E-state index in [1.54, 1.807) is 19.4 Å². The van der Waals surface area contributed by atoms with E-state index in [-0.39, 0.29) is 5.91 Å². The molecule has 1 aliphatic rings. The molecule has 0 bridgehead atoms. The Morgan fingerprint density at radius 2 is 2.00 bits per heavy atom. The minimum atomic E-state index is -0.303. The lowest BCUT2D eigenvalue weighted by Gasteiger charge is -2.21. The van der Waals surface area contributed by atoms with Gasteiger partial charge in [-0.05, 0) is 61.9 Å². The van der Waals surface area contributed by atoms with Gasteiger partial charge in [0.15, 0.2) is 5.13 Å². The highest BCUT2D eigenvalue weighted by Crippen LogP contribution is 2.38. The van der Waals surface area contributed by atoms with Crippen molar-refractivity contribution in [2.45, 2.75) is 32.1 Å². The average molecular weight is 516 g/mol. The van der Waals surface area contributed by atoms with Gasteiger partial charge in [0.1, 0.15) is 10.9 Å². The third-order valence-electron chi connectivity index (χ3n) is 6.30. The van der Waals surface area contributed by atoms with Crippen LogP contribution in [0.4, 0.5) is 5.13 Å². The molecule has 0 radical (unpaired) electrons. The number of nitriles is 1. The number of ether oxygens (including phenoxy) is 1. The lowest BCUT2D eigenvalue weighted by atomic mass is 9.85. The molecule has 3 aromatic heterocycles. The molecule has 9 heteroatoms. The molecule has 0 spiro atoms. The second-order valence-electron chi connectivity index (χ2n) is 8.60. The van der Waals surface area contributed by atoms with Crippen molar-refractivity contribution in [1.29, 1.82) is 5.26 Å². The van der Waals surface area contributed by atoms with Crippen LogP contribution in [0.5, 0.6) is 5.75 Å². The topological polar surface area (TPSA) is 101 Å². The van der Waals surface area contributed by atoms with Crippen LogP contribution in [0.25, 0.3) is 11.1 Å². The summed E-state index contributed by atoms with van der Waals surface area (Å²) in [6, 6.07) is 13.5. The molecule has 7 nitrogen and oxygen atoms in total. The van der Waals surface area contributed by atoms with E-state index in [0.717, 1.165) is 30.7 Å². The number of thiazole rings is 1. The molecule has 0 saturated carbocycles. The SMILES string of the molecule is COc1cnc(Cl)cc1-c1cc(C)ncc1C(=O)Nc1nc2c(s1)CC(c1ccc(C#N)cc1)CC2. The predicted octanol–water partition coefficient (Wildman–Crippen LogP) is 5.97. The summed E-state index contributed by atoms with van der Waals surface area (Å²) in [6.45, 7) is 1.86. The molecule has 1 unspecified atom stereocenters. The van der Waals surface area contributed by atoms with Crippen molar-refractivity contribution >= 4 is 34.0 Å². The maximum Gasteiger partial charge on any atom is 0.259 e. The first kappa shape index (κ1) is 23.9. The van der Waals surface area contributed by atoms with Crippen molar-refractivity contribution in [2.75, 3.05) is 12.4 Å². The standard InChI is InChI=1S/C27H22ClN5O2S/c1-15-9-19(20-11-25(28)31-14-23(20)35-2)21(13-30-15)26(34)33-27-32-22-8-7-18(10-24(22)36-27)17-5-3-16(12-29)4-6-17/h3-6,9,11,13-14,18H,7-8,10H2,1-2H3,(H,32,33,34). The number of methoxy groups -OCH3 is 1. The Balaban J connectivity index is 1.39. The number of rotatable bonds is 5. The number of nitrogens with zero attached hydrogens (tertiary/aromatic N) is 4. The molecule has 0 fully saturated rings. The number of carbonyl (C=O) groups is 1. The Morgan fingerprint density at radius 1 is 1.19 bits per heavy atom. The molecular weight excluding hydrogens is 494 g/mol. The zero-order valence-corrected chi connectivity index (χ0v) is 21.3. The lowest BCUT2D eigenvalue weighted by Crippen LogP contribution is -2.14. The number of benzene rings is 1. The van der Waals surface area contributed by atoms with Crippen molar-refractivity contribution < 1.29 is 9.53 Å². The van der Waals surface area contributed by atoms with E-state index in [0.29, 0.717) is 44.2 Å². The van der Waals surface area contributed by atoms with Gasteiger partial charge in [0.2, 0.25) is 0 Å². The van der Waals surface area contributed by atoms with Gasteiger partial charge in [0, 0.05) is 27.9 Å². The summed E-state index contributed by atoms with van der Waals surface area (Å²) in [5.41, 5.74) is 5.39. The van der Waals surface area contributed by atoms with Gasteiger partial charge in [-0.2, -0.15) is 5.26 Å². The second kappa shape index (κ2) is 10.1. The van der Waals surface area contributed by atoms with Gasteiger partial charge in [-0.15, -0.1) is 11.3 Å². The first-order valence-electron chi connectivity index (χ1n) is 11.4. The monoisotopic (exact) mass is 515 g/mol. The molecule has 0 saturated heterocycles. The van der Waals surface area contributed by atoms with Crippen LogP contribution in [-0.2, 0) is 12.8 Å². The van der Waals surface area contributed by atoms with Crippen LogP contribution in [0.2, 0.25) is 5.15 Å². The minimum absolute atomic E-state index is 0.302. The second-order valence-corrected chi connectivity index (χ2v) is 10.1. The highest BCUT2D eigenvalue weighted by Gasteiger charge is 2.25. The van der Waals surface area contributed by atoms with Crippen LogP contribution in [0.15, 0.2) is 48.8 Å². The number of nitrogens with one attached hydrogen (secondary N) is 1. The number of hydrogen-bond donors (Lipinski definition) is 1. The number of amides is 1. The summed E-state index contributed by atoms with van der Waals surface area (Å²) in [7, 11) is 1.55. The van der Waals surface area contributed by atoms with E-state index in [4.69, 9.17) is 26.6 Å². The number of anilines is 1. The Hall–Kier alpha value is -3.80. The number of pyridine rings is 2. The third-order valence-corrected chi connectivity index (χ3v) is 7.54. The molecule has 3 heterocycles. The summed E-state index contributed by atoms with van der Waals surface area (Å²) in [5, 5.41) is 12.9. The Bertz CT molecular complexity index is 1490. The van der Waals surface area contributed by atoms with Gasteiger partial charge >= 0.3 is 0 Å². The summed E-state index contributed by atoms with van der Waals surface area (Å²) in [5.74, 6) is 0.575. The van der Waals surface area contributed by atoms with Gasteiger partial charge < -0.3 is 4.74 Å². The van der Waals surface area contributed by atoms with Gasteiger partial charge in [0.25, 0.3) is 5.91 Å². The first-order chi connectivity index (χ1) is 17.4. The number of carbonyl (C=O) groups excluding carboxylic acids is 1. The molecule has 5 rings (SSSR count). The van der Waals surface area contributed by atoms with Crippen molar-refractivity contribution in [3.05, 3.63) is 86.9 Å². The highest BCUT2D eigenvalue weighted by atomic mass is 35.5. The van der Waals surface area contributed by atoms with Crippen LogP contribution in [-0.4, -0.2) is 28.0 Å².